The van der Waals surface area contributed by atoms with Gasteiger partial charge in [0.15, 0.2) is 5.69 Å². The summed E-state index contributed by atoms with van der Waals surface area (Å²) in [6.45, 7) is 2.56. The molecule has 0 atom stereocenters. The van der Waals surface area contributed by atoms with Crippen LogP contribution in [0, 0.1) is 0 Å². The SMILES string of the molecule is CCOc1ccc(Cc2nccc(C(=O)O)n2)cc1. The highest BCUT2D eigenvalue weighted by molar-refractivity contribution is 5.85. The molecule has 0 aliphatic heterocycles. The number of carboxylic acid groups (broad SMARTS) is 1. The van der Waals surface area contributed by atoms with Crippen LogP contribution >= 0.6 is 0 Å². The molecule has 0 spiro atoms. The van der Waals surface area contributed by atoms with E-state index in [4.69, 9.17) is 9.84 Å². The zero-order chi connectivity index (χ0) is 13.7. The molecule has 1 aromatic heterocycles. The van der Waals surface area contributed by atoms with Gasteiger partial charge < -0.3 is 9.84 Å². The van der Waals surface area contributed by atoms with Gasteiger partial charge in [0.25, 0.3) is 0 Å². The molecule has 19 heavy (non-hydrogen) atoms. The number of aromatic carboxylic acids is 1. The maximum absolute atomic E-state index is 10.8. The number of carbonyl (C=O) groups is 1. The molecule has 2 aromatic rings. The van der Waals surface area contributed by atoms with Crippen LogP contribution in [0.5, 0.6) is 5.75 Å². The first-order valence-electron chi connectivity index (χ1n) is 5.96. The Balaban J connectivity index is 2.12. The average Bonchev–Trinajstić information content (AvgIpc) is 2.42. The Kier molecular flexibility index (Phi) is 4.07. The monoisotopic (exact) mass is 258 g/mol. The van der Waals surface area contributed by atoms with Crippen LogP contribution in [-0.4, -0.2) is 27.7 Å². The molecule has 0 fully saturated rings. The number of rotatable bonds is 5. The normalized spacial score (nSPS) is 10.2. The Morgan fingerprint density at radius 1 is 1.26 bits per heavy atom. The molecular formula is C14H14N2O3. The number of aromatic nitrogens is 2. The number of ether oxygens (including phenoxy) is 1. The Bertz CT molecular complexity index is 567. The summed E-state index contributed by atoms with van der Waals surface area (Å²) in [6, 6.07) is 8.97. The summed E-state index contributed by atoms with van der Waals surface area (Å²) >= 11 is 0. The van der Waals surface area contributed by atoms with Gasteiger partial charge in [-0.25, -0.2) is 14.8 Å². The second-order valence-corrected chi connectivity index (χ2v) is 3.92. The zero-order valence-corrected chi connectivity index (χ0v) is 10.5. The van der Waals surface area contributed by atoms with E-state index in [1.807, 2.05) is 31.2 Å². The fourth-order valence-corrected chi connectivity index (χ4v) is 1.66. The van der Waals surface area contributed by atoms with E-state index in [0.29, 0.717) is 18.9 Å². The second-order valence-electron chi connectivity index (χ2n) is 3.92. The number of benzene rings is 1. The van der Waals surface area contributed by atoms with Gasteiger partial charge in [0.05, 0.1) is 6.61 Å². The molecular weight excluding hydrogens is 244 g/mol. The first kappa shape index (κ1) is 13.0. The Labute approximate surface area is 110 Å². The maximum atomic E-state index is 10.8. The summed E-state index contributed by atoms with van der Waals surface area (Å²) in [4.78, 5) is 18.9. The summed E-state index contributed by atoms with van der Waals surface area (Å²) in [5, 5.41) is 8.86. The largest absolute Gasteiger partial charge is 0.494 e. The van der Waals surface area contributed by atoms with Gasteiger partial charge in [-0.3, -0.25) is 0 Å². The van der Waals surface area contributed by atoms with Gasteiger partial charge >= 0.3 is 5.97 Å². The quantitative estimate of drug-likeness (QED) is 0.889. The van der Waals surface area contributed by atoms with E-state index in [2.05, 4.69) is 9.97 Å². The number of hydrogen-bond donors (Lipinski definition) is 1. The van der Waals surface area contributed by atoms with Crippen molar-refractivity contribution < 1.29 is 14.6 Å². The van der Waals surface area contributed by atoms with Gasteiger partial charge in [0.1, 0.15) is 11.6 Å². The predicted octanol–water partition coefficient (Wildman–Crippen LogP) is 2.16. The van der Waals surface area contributed by atoms with Crippen LogP contribution in [0.15, 0.2) is 36.5 Å². The highest BCUT2D eigenvalue weighted by atomic mass is 16.5. The van der Waals surface area contributed by atoms with Gasteiger partial charge in [-0.15, -0.1) is 0 Å². The summed E-state index contributed by atoms with van der Waals surface area (Å²) < 4.78 is 5.35. The molecule has 0 aliphatic carbocycles. The summed E-state index contributed by atoms with van der Waals surface area (Å²) in [5.74, 6) is 0.255. The zero-order valence-electron chi connectivity index (χ0n) is 10.5. The molecule has 0 saturated carbocycles. The average molecular weight is 258 g/mol. The van der Waals surface area contributed by atoms with Crippen molar-refractivity contribution in [3.05, 3.63) is 53.6 Å². The van der Waals surface area contributed by atoms with Crippen molar-refractivity contribution in [2.45, 2.75) is 13.3 Å². The lowest BCUT2D eigenvalue weighted by atomic mass is 10.1. The lowest BCUT2D eigenvalue weighted by molar-refractivity contribution is 0.0690. The van der Waals surface area contributed by atoms with Crippen LogP contribution in [-0.2, 0) is 6.42 Å². The Morgan fingerprint density at radius 2 is 2.00 bits per heavy atom. The minimum absolute atomic E-state index is 0.0101. The highest BCUT2D eigenvalue weighted by Gasteiger charge is 2.06. The van der Waals surface area contributed by atoms with Crippen molar-refractivity contribution in [3.63, 3.8) is 0 Å². The van der Waals surface area contributed by atoms with E-state index in [9.17, 15) is 4.79 Å². The molecule has 0 aliphatic rings. The van der Waals surface area contributed by atoms with Crippen molar-refractivity contribution in [2.24, 2.45) is 0 Å². The van der Waals surface area contributed by atoms with E-state index in [1.165, 1.54) is 12.3 Å². The molecule has 2 rings (SSSR count). The fourth-order valence-electron chi connectivity index (χ4n) is 1.66. The van der Waals surface area contributed by atoms with Gasteiger partial charge in [0, 0.05) is 12.6 Å². The summed E-state index contributed by atoms with van der Waals surface area (Å²) in [7, 11) is 0. The molecule has 1 aromatic carbocycles. The first-order valence-corrected chi connectivity index (χ1v) is 5.96. The molecule has 0 bridgehead atoms. The fraction of sp³-hybridized carbons (Fsp3) is 0.214. The van der Waals surface area contributed by atoms with Crippen LogP contribution in [0.4, 0.5) is 0 Å². The third kappa shape index (κ3) is 3.51. The lowest BCUT2D eigenvalue weighted by Crippen LogP contribution is -2.05. The van der Waals surface area contributed by atoms with Crippen molar-refractivity contribution in [1.82, 2.24) is 9.97 Å². The van der Waals surface area contributed by atoms with Crippen LogP contribution in [0.2, 0.25) is 0 Å². The molecule has 0 saturated heterocycles. The molecule has 0 radical (unpaired) electrons. The van der Waals surface area contributed by atoms with E-state index in [-0.39, 0.29) is 5.69 Å². The second kappa shape index (κ2) is 5.95. The third-order valence-corrected chi connectivity index (χ3v) is 2.52. The molecule has 0 amide bonds. The van der Waals surface area contributed by atoms with Crippen LogP contribution in [0.1, 0.15) is 28.8 Å². The first-order chi connectivity index (χ1) is 9.19. The van der Waals surface area contributed by atoms with Crippen molar-refractivity contribution in [3.8, 4) is 5.75 Å². The number of hydrogen-bond acceptors (Lipinski definition) is 4. The maximum Gasteiger partial charge on any atom is 0.354 e. The van der Waals surface area contributed by atoms with Crippen molar-refractivity contribution in [2.75, 3.05) is 6.61 Å². The van der Waals surface area contributed by atoms with Crippen LogP contribution in [0.25, 0.3) is 0 Å². The molecule has 98 valence electrons. The van der Waals surface area contributed by atoms with E-state index >= 15 is 0 Å². The van der Waals surface area contributed by atoms with Gasteiger partial charge in [0.2, 0.25) is 0 Å². The lowest BCUT2D eigenvalue weighted by Gasteiger charge is -2.05. The van der Waals surface area contributed by atoms with Crippen LogP contribution < -0.4 is 4.74 Å². The molecule has 5 heteroatoms. The van der Waals surface area contributed by atoms with Crippen LogP contribution in [0.3, 0.4) is 0 Å². The Hall–Kier alpha value is -2.43. The molecule has 1 N–H and O–H groups in total. The number of carboxylic acids is 1. The highest BCUT2D eigenvalue weighted by Crippen LogP contribution is 2.14. The summed E-state index contributed by atoms with van der Waals surface area (Å²) in [6.07, 6.45) is 1.95. The van der Waals surface area contributed by atoms with E-state index in [1.54, 1.807) is 0 Å². The number of nitrogens with zero attached hydrogens (tertiary/aromatic N) is 2. The minimum Gasteiger partial charge on any atom is -0.494 e. The Morgan fingerprint density at radius 3 is 2.63 bits per heavy atom. The van der Waals surface area contributed by atoms with E-state index < -0.39 is 5.97 Å². The standard InChI is InChI=1S/C14H14N2O3/c1-2-19-11-5-3-10(4-6-11)9-13-15-8-7-12(16-13)14(17)18/h3-8H,2,9H2,1H3,(H,17,18). The van der Waals surface area contributed by atoms with E-state index in [0.717, 1.165) is 11.3 Å². The molecule has 0 unspecified atom stereocenters. The minimum atomic E-state index is -1.05. The predicted molar refractivity (Wildman–Crippen MR) is 69.4 cm³/mol. The molecule has 1 heterocycles. The van der Waals surface area contributed by atoms with Crippen molar-refractivity contribution >= 4 is 5.97 Å². The molecule has 5 nitrogen and oxygen atoms in total. The van der Waals surface area contributed by atoms with Gasteiger partial charge in [-0.2, -0.15) is 0 Å². The van der Waals surface area contributed by atoms with Gasteiger partial charge in [-0.1, -0.05) is 12.1 Å². The smallest absolute Gasteiger partial charge is 0.354 e. The van der Waals surface area contributed by atoms with Crippen molar-refractivity contribution in [1.29, 1.82) is 0 Å². The topological polar surface area (TPSA) is 72.3 Å². The van der Waals surface area contributed by atoms with Gasteiger partial charge in [-0.05, 0) is 30.7 Å². The summed E-state index contributed by atoms with van der Waals surface area (Å²) in [5.41, 5.74) is 1.02. The third-order valence-electron chi connectivity index (χ3n) is 2.52.